The van der Waals surface area contributed by atoms with E-state index in [-0.39, 0.29) is 18.8 Å². The van der Waals surface area contributed by atoms with Crippen molar-refractivity contribution >= 4 is 21.9 Å². The second-order valence-corrected chi connectivity index (χ2v) is 6.88. The molecule has 1 fully saturated rings. The number of carboxylic acids is 1. The van der Waals surface area contributed by atoms with Gasteiger partial charge in [-0.3, -0.25) is 4.90 Å². The first-order valence-electron chi connectivity index (χ1n) is 6.29. The molecule has 0 bridgehead atoms. The van der Waals surface area contributed by atoms with Crippen molar-refractivity contribution in [1.82, 2.24) is 4.90 Å². The Morgan fingerprint density at radius 1 is 1.29 bits per heavy atom. The molecule has 1 aromatic carbocycles. The standard InChI is InChI=1S/C13H15NO6S/c15-12(16)11-6-7-21(18,19)9-14(11)13(17)20-8-10-4-2-1-3-5-10/h1-5,11H,6-9H2,(H,15,16). The maximum Gasteiger partial charge on any atom is 0.411 e. The van der Waals surface area contributed by atoms with Gasteiger partial charge in [0.05, 0.1) is 5.75 Å². The van der Waals surface area contributed by atoms with E-state index in [0.717, 1.165) is 10.5 Å². The lowest BCUT2D eigenvalue weighted by molar-refractivity contribution is -0.142. The molecule has 1 unspecified atom stereocenters. The quantitative estimate of drug-likeness (QED) is 0.888. The van der Waals surface area contributed by atoms with Crippen LogP contribution in [0.15, 0.2) is 30.3 Å². The lowest BCUT2D eigenvalue weighted by Crippen LogP contribution is -2.52. The number of benzene rings is 1. The summed E-state index contributed by atoms with van der Waals surface area (Å²) in [6.07, 6.45) is -1.06. The number of rotatable bonds is 3. The summed E-state index contributed by atoms with van der Waals surface area (Å²) in [7, 11) is -3.46. The van der Waals surface area contributed by atoms with Crippen molar-refractivity contribution in [3.05, 3.63) is 35.9 Å². The van der Waals surface area contributed by atoms with Gasteiger partial charge in [-0.25, -0.2) is 18.0 Å². The molecule has 1 atom stereocenters. The van der Waals surface area contributed by atoms with Gasteiger partial charge in [-0.2, -0.15) is 0 Å². The second-order valence-electron chi connectivity index (χ2n) is 4.73. The Morgan fingerprint density at radius 2 is 1.95 bits per heavy atom. The zero-order chi connectivity index (χ0) is 15.5. The minimum atomic E-state index is -3.46. The lowest BCUT2D eigenvalue weighted by Gasteiger charge is -2.31. The number of sulfone groups is 1. The maximum absolute atomic E-state index is 11.9. The number of carbonyl (C=O) groups is 2. The molecule has 0 saturated carbocycles. The first-order valence-corrected chi connectivity index (χ1v) is 8.12. The summed E-state index contributed by atoms with van der Waals surface area (Å²) >= 11 is 0. The Hall–Kier alpha value is -2.09. The van der Waals surface area contributed by atoms with Crippen molar-refractivity contribution in [3.63, 3.8) is 0 Å². The molecule has 21 heavy (non-hydrogen) atoms. The SMILES string of the molecule is O=C(O)C1CCS(=O)(=O)CN1C(=O)OCc1ccccc1. The number of amides is 1. The topological polar surface area (TPSA) is 101 Å². The third-order valence-electron chi connectivity index (χ3n) is 3.14. The molecule has 7 nitrogen and oxygen atoms in total. The van der Waals surface area contributed by atoms with Gasteiger partial charge in [-0.15, -0.1) is 0 Å². The summed E-state index contributed by atoms with van der Waals surface area (Å²) in [5, 5.41) is 9.07. The van der Waals surface area contributed by atoms with Crippen LogP contribution in [0.5, 0.6) is 0 Å². The summed E-state index contributed by atoms with van der Waals surface area (Å²) in [4.78, 5) is 23.8. The molecule has 2 rings (SSSR count). The number of ether oxygens (including phenoxy) is 1. The van der Waals surface area contributed by atoms with E-state index in [2.05, 4.69) is 0 Å². The van der Waals surface area contributed by atoms with Gasteiger partial charge in [-0.1, -0.05) is 30.3 Å². The molecule has 8 heteroatoms. The number of aliphatic carboxylic acids is 1. The third kappa shape index (κ3) is 3.94. The van der Waals surface area contributed by atoms with Crippen LogP contribution in [0, 0.1) is 0 Å². The molecular weight excluding hydrogens is 298 g/mol. The van der Waals surface area contributed by atoms with Crippen molar-refractivity contribution in [3.8, 4) is 0 Å². The minimum Gasteiger partial charge on any atom is -0.480 e. The largest absolute Gasteiger partial charge is 0.480 e. The predicted molar refractivity (Wildman–Crippen MR) is 73.2 cm³/mol. The fourth-order valence-electron chi connectivity index (χ4n) is 2.05. The summed E-state index contributed by atoms with van der Waals surface area (Å²) in [6.45, 7) is -0.0391. The van der Waals surface area contributed by atoms with Crippen molar-refractivity contribution < 1.29 is 27.9 Å². The highest BCUT2D eigenvalue weighted by Gasteiger charge is 2.39. The number of hydrogen-bond acceptors (Lipinski definition) is 5. The lowest BCUT2D eigenvalue weighted by atomic mass is 10.2. The fourth-order valence-corrected chi connectivity index (χ4v) is 3.47. The first kappa shape index (κ1) is 15.3. The van der Waals surface area contributed by atoms with Crippen LogP contribution in [-0.4, -0.2) is 48.2 Å². The molecule has 0 aliphatic carbocycles. The Kier molecular flexibility index (Phi) is 4.46. The van der Waals surface area contributed by atoms with Gasteiger partial charge >= 0.3 is 12.1 Å². The zero-order valence-electron chi connectivity index (χ0n) is 11.1. The predicted octanol–water partition coefficient (Wildman–Crippen LogP) is 0.854. The van der Waals surface area contributed by atoms with E-state index in [1.807, 2.05) is 6.07 Å². The minimum absolute atomic E-state index is 0.0391. The highest BCUT2D eigenvalue weighted by Crippen LogP contribution is 2.18. The van der Waals surface area contributed by atoms with Crippen LogP contribution in [0.3, 0.4) is 0 Å². The third-order valence-corrected chi connectivity index (χ3v) is 4.67. The smallest absolute Gasteiger partial charge is 0.411 e. The average Bonchev–Trinajstić information content (AvgIpc) is 2.44. The van der Waals surface area contributed by atoms with E-state index in [9.17, 15) is 18.0 Å². The van der Waals surface area contributed by atoms with Crippen molar-refractivity contribution in [2.45, 2.75) is 19.1 Å². The molecule has 1 amide bonds. The first-order chi connectivity index (χ1) is 9.89. The van der Waals surface area contributed by atoms with Gasteiger partial charge in [0.2, 0.25) is 0 Å². The molecule has 0 radical (unpaired) electrons. The number of carbonyl (C=O) groups excluding carboxylic acids is 1. The number of carboxylic acid groups (broad SMARTS) is 1. The maximum atomic E-state index is 11.9. The van der Waals surface area contributed by atoms with Crippen LogP contribution in [-0.2, 0) is 26.0 Å². The van der Waals surface area contributed by atoms with Crippen LogP contribution >= 0.6 is 0 Å². The Balaban J connectivity index is 2.05. The fraction of sp³-hybridized carbons (Fsp3) is 0.385. The molecule has 1 N–H and O–H groups in total. The molecule has 1 aliphatic heterocycles. The van der Waals surface area contributed by atoms with Crippen molar-refractivity contribution in [1.29, 1.82) is 0 Å². The van der Waals surface area contributed by atoms with Gasteiger partial charge < -0.3 is 9.84 Å². The van der Waals surface area contributed by atoms with Crippen LogP contribution in [0.2, 0.25) is 0 Å². The average molecular weight is 313 g/mol. The van der Waals surface area contributed by atoms with Gasteiger partial charge in [0.15, 0.2) is 9.84 Å². The molecular formula is C13H15NO6S. The number of nitrogens with zero attached hydrogens (tertiary/aromatic N) is 1. The highest BCUT2D eigenvalue weighted by molar-refractivity contribution is 7.91. The monoisotopic (exact) mass is 313 g/mol. The van der Waals surface area contributed by atoms with Gasteiger partial charge in [-0.05, 0) is 12.0 Å². The molecule has 0 aromatic heterocycles. The summed E-state index contributed by atoms with van der Waals surface area (Å²) < 4.78 is 28.1. The Morgan fingerprint density at radius 3 is 2.57 bits per heavy atom. The van der Waals surface area contributed by atoms with Gasteiger partial charge in [0.1, 0.15) is 18.5 Å². The van der Waals surface area contributed by atoms with E-state index in [1.54, 1.807) is 24.3 Å². The summed E-state index contributed by atoms with van der Waals surface area (Å²) in [5.41, 5.74) is 0.734. The van der Waals surface area contributed by atoms with E-state index < -0.39 is 33.8 Å². The van der Waals surface area contributed by atoms with Crippen LogP contribution in [0.1, 0.15) is 12.0 Å². The Bertz CT molecular complexity index is 627. The highest BCUT2D eigenvalue weighted by atomic mass is 32.2. The van der Waals surface area contributed by atoms with E-state index in [4.69, 9.17) is 9.84 Å². The van der Waals surface area contributed by atoms with Crippen molar-refractivity contribution in [2.24, 2.45) is 0 Å². The van der Waals surface area contributed by atoms with E-state index in [1.165, 1.54) is 0 Å². The summed E-state index contributed by atoms with van der Waals surface area (Å²) in [5.74, 6) is -2.11. The van der Waals surface area contributed by atoms with E-state index >= 15 is 0 Å². The second kappa shape index (κ2) is 6.13. The van der Waals surface area contributed by atoms with E-state index in [0.29, 0.717) is 0 Å². The summed E-state index contributed by atoms with van der Waals surface area (Å²) in [6, 6.07) is 7.67. The molecule has 1 aromatic rings. The number of hydrogen-bond donors (Lipinski definition) is 1. The molecule has 1 heterocycles. The Labute approximate surface area is 122 Å². The molecule has 1 aliphatic rings. The van der Waals surface area contributed by atoms with Gasteiger partial charge in [0.25, 0.3) is 0 Å². The molecule has 0 spiro atoms. The van der Waals surface area contributed by atoms with Crippen molar-refractivity contribution in [2.75, 3.05) is 11.6 Å². The van der Waals surface area contributed by atoms with Crippen LogP contribution in [0.4, 0.5) is 4.79 Å². The normalized spacial score (nSPS) is 20.8. The van der Waals surface area contributed by atoms with Crippen LogP contribution in [0.25, 0.3) is 0 Å². The zero-order valence-corrected chi connectivity index (χ0v) is 12.0. The molecule has 1 saturated heterocycles. The van der Waals surface area contributed by atoms with Crippen LogP contribution < -0.4 is 0 Å². The van der Waals surface area contributed by atoms with Gasteiger partial charge in [0, 0.05) is 0 Å². The molecule has 114 valence electrons.